The summed E-state index contributed by atoms with van der Waals surface area (Å²) in [5, 5.41) is 18.9. The van der Waals surface area contributed by atoms with Crippen molar-refractivity contribution < 1.29 is 0 Å². The van der Waals surface area contributed by atoms with Gasteiger partial charge in [-0.05, 0) is 24.3 Å². The van der Waals surface area contributed by atoms with Gasteiger partial charge in [-0.2, -0.15) is 10.5 Å². The van der Waals surface area contributed by atoms with Gasteiger partial charge < -0.3 is 0 Å². The van der Waals surface area contributed by atoms with Crippen LogP contribution in [0.15, 0.2) is 30.3 Å². The Hall–Kier alpha value is -1.80. The van der Waals surface area contributed by atoms with Gasteiger partial charge in [0.1, 0.15) is 0 Å². The number of benzene rings is 1. The van der Waals surface area contributed by atoms with Gasteiger partial charge in [0.05, 0.1) is 17.6 Å². The molecule has 1 aliphatic rings. The summed E-state index contributed by atoms with van der Waals surface area (Å²) in [5.41, 5.74) is 0.610. The molecule has 0 amide bonds. The maximum Gasteiger partial charge on any atom is 0.0834 e. The Labute approximate surface area is 128 Å². The zero-order valence-electron chi connectivity index (χ0n) is 12.7. The minimum atomic E-state index is -0.480. The van der Waals surface area contributed by atoms with E-state index in [1.165, 1.54) is 38.5 Å². The fraction of sp³-hybridized carbons (Fsp3) is 0.579. The summed E-state index contributed by atoms with van der Waals surface area (Å²) in [5.74, 6) is 0.631. The first-order valence-corrected chi connectivity index (χ1v) is 8.14. The van der Waals surface area contributed by atoms with Gasteiger partial charge in [-0.3, -0.25) is 0 Å². The third-order valence-corrected chi connectivity index (χ3v) is 4.82. The van der Waals surface area contributed by atoms with Crippen molar-refractivity contribution >= 4 is 0 Å². The van der Waals surface area contributed by atoms with Crippen LogP contribution in [0.4, 0.5) is 0 Å². The summed E-state index contributed by atoms with van der Waals surface area (Å²) in [6.07, 6.45) is 9.74. The van der Waals surface area contributed by atoms with Gasteiger partial charge in [0.15, 0.2) is 0 Å². The predicted octanol–water partition coefficient (Wildman–Crippen LogP) is 5.11. The molecule has 1 aliphatic carbocycles. The molecule has 2 rings (SSSR count). The molecule has 0 N–H and O–H groups in total. The second kappa shape index (κ2) is 7.84. The molecule has 110 valence electrons. The molecule has 0 aromatic heterocycles. The first kappa shape index (κ1) is 15.6. The van der Waals surface area contributed by atoms with Gasteiger partial charge in [-0.15, -0.1) is 0 Å². The average Bonchev–Trinajstić information content (AvgIpc) is 2.81. The van der Waals surface area contributed by atoms with Crippen molar-refractivity contribution in [3.05, 3.63) is 35.9 Å². The molecule has 1 unspecified atom stereocenters. The van der Waals surface area contributed by atoms with Crippen LogP contribution >= 0.6 is 0 Å². The summed E-state index contributed by atoms with van der Waals surface area (Å²) in [6, 6.07) is 14.9. The van der Waals surface area contributed by atoms with Crippen LogP contribution in [0.2, 0.25) is 0 Å². The van der Waals surface area contributed by atoms with Crippen molar-refractivity contribution in [2.75, 3.05) is 0 Å². The second-order valence-corrected chi connectivity index (χ2v) is 6.28. The number of nitriles is 2. The SMILES string of the molecule is N#CCCC(C#N)(CC1CCCCCC1)c1ccccc1. The highest BCUT2D eigenvalue weighted by Gasteiger charge is 2.34. The fourth-order valence-electron chi connectivity index (χ4n) is 3.62. The molecule has 0 spiro atoms. The van der Waals surface area contributed by atoms with Crippen LogP contribution < -0.4 is 0 Å². The van der Waals surface area contributed by atoms with Crippen LogP contribution in [0.5, 0.6) is 0 Å². The van der Waals surface area contributed by atoms with E-state index < -0.39 is 5.41 Å². The van der Waals surface area contributed by atoms with E-state index in [0.29, 0.717) is 18.8 Å². The first-order chi connectivity index (χ1) is 10.3. The number of rotatable bonds is 5. The fourth-order valence-corrected chi connectivity index (χ4v) is 3.62. The minimum Gasteiger partial charge on any atom is -0.198 e. The lowest BCUT2D eigenvalue weighted by atomic mass is 9.70. The van der Waals surface area contributed by atoms with Crippen LogP contribution in [0.1, 0.15) is 63.4 Å². The van der Waals surface area contributed by atoms with Gasteiger partial charge in [-0.1, -0.05) is 68.9 Å². The third-order valence-electron chi connectivity index (χ3n) is 4.82. The number of hydrogen-bond donors (Lipinski definition) is 0. The van der Waals surface area contributed by atoms with E-state index in [1.807, 2.05) is 18.2 Å². The number of nitrogens with zero attached hydrogens (tertiary/aromatic N) is 2. The van der Waals surface area contributed by atoms with Crippen molar-refractivity contribution in [3.8, 4) is 12.1 Å². The van der Waals surface area contributed by atoms with Gasteiger partial charge in [0.25, 0.3) is 0 Å². The molecule has 1 saturated carbocycles. The Balaban J connectivity index is 2.22. The molecule has 0 aliphatic heterocycles. The van der Waals surface area contributed by atoms with Crippen LogP contribution in [0.3, 0.4) is 0 Å². The topological polar surface area (TPSA) is 47.6 Å². The van der Waals surface area contributed by atoms with E-state index in [0.717, 1.165) is 12.0 Å². The highest BCUT2D eigenvalue weighted by atomic mass is 14.4. The lowest BCUT2D eigenvalue weighted by Crippen LogP contribution is -2.27. The Kier molecular flexibility index (Phi) is 5.82. The van der Waals surface area contributed by atoms with Gasteiger partial charge in [0.2, 0.25) is 0 Å². The molecular formula is C19H24N2. The van der Waals surface area contributed by atoms with E-state index in [1.54, 1.807) is 0 Å². The molecule has 0 heterocycles. The summed E-state index contributed by atoms with van der Waals surface area (Å²) in [4.78, 5) is 0. The molecule has 0 saturated heterocycles. The average molecular weight is 280 g/mol. The summed E-state index contributed by atoms with van der Waals surface area (Å²) < 4.78 is 0. The van der Waals surface area contributed by atoms with Crippen molar-refractivity contribution in [1.82, 2.24) is 0 Å². The van der Waals surface area contributed by atoms with E-state index in [-0.39, 0.29) is 0 Å². The molecule has 1 atom stereocenters. The predicted molar refractivity (Wildman–Crippen MR) is 84.4 cm³/mol. The maximum atomic E-state index is 9.90. The molecule has 2 heteroatoms. The normalized spacial score (nSPS) is 19.0. The largest absolute Gasteiger partial charge is 0.198 e. The molecule has 1 aromatic carbocycles. The lowest BCUT2D eigenvalue weighted by molar-refractivity contribution is 0.331. The van der Waals surface area contributed by atoms with E-state index in [2.05, 4.69) is 24.3 Å². The smallest absolute Gasteiger partial charge is 0.0834 e. The van der Waals surface area contributed by atoms with E-state index >= 15 is 0 Å². The zero-order valence-corrected chi connectivity index (χ0v) is 12.7. The molecule has 2 nitrogen and oxygen atoms in total. The quantitative estimate of drug-likeness (QED) is 0.703. The molecule has 0 radical (unpaired) electrons. The second-order valence-electron chi connectivity index (χ2n) is 6.28. The number of hydrogen-bond acceptors (Lipinski definition) is 2. The van der Waals surface area contributed by atoms with Crippen LogP contribution in [-0.4, -0.2) is 0 Å². The standard InChI is InChI=1S/C19H24N2/c20-14-8-13-19(16-21,18-11-6-3-7-12-18)15-17-9-4-1-2-5-10-17/h3,6-7,11-12,17H,1-2,4-5,8-10,13,15H2. The summed E-state index contributed by atoms with van der Waals surface area (Å²) >= 11 is 0. The molecule has 21 heavy (non-hydrogen) atoms. The third kappa shape index (κ3) is 4.08. The van der Waals surface area contributed by atoms with Crippen LogP contribution in [0.25, 0.3) is 0 Å². The maximum absolute atomic E-state index is 9.90. The lowest BCUT2D eigenvalue weighted by Gasteiger charge is -2.30. The van der Waals surface area contributed by atoms with Crippen molar-refractivity contribution in [1.29, 1.82) is 10.5 Å². The van der Waals surface area contributed by atoms with Gasteiger partial charge in [0, 0.05) is 6.42 Å². The monoisotopic (exact) mass is 280 g/mol. The van der Waals surface area contributed by atoms with Crippen molar-refractivity contribution in [3.63, 3.8) is 0 Å². The zero-order chi connectivity index (χ0) is 15.0. The van der Waals surface area contributed by atoms with Crippen molar-refractivity contribution in [2.45, 2.75) is 63.2 Å². The Morgan fingerprint density at radius 1 is 1.00 bits per heavy atom. The first-order valence-electron chi connectivity index (χ1n) is 8.14. The molecular weight excluding hydrogens is 256 g/mol. The highest BCUT2D eigenvalue weighted by Crippen LogP contribution is 2.39. The minimum absolute atomic E-state index is 0.454. The molecule has 1 fully saturated rings. The Morgan fingerprint density at radius 3 is 2.24 bits per heavy atom. The Bertz CT molecular complexity index is 501. The van der Waals surface area contributed by atoms with Crippen LogP contribution in [-0.2, 0) is 5.41 Å². The van der Waals surface area contributed by atoms with E-state index in [9.17, 15) is 5.26 Å². The van der Waals surface area contributed by atoms with Gasteiger partial charge in [-0.25, -0.2) is 0 Å². The summed E-state index contributed by atoms with van der Waals surface area (Å²) in [6.45, 7) is 0. The van der Waals surface area contributed by atoms with Crippen LogP contribution in [0, 0.1) is 28.6 Å². The highest BCUT2D eigenvalue weighted by molar-refractivity contribution is 5.32. The van der Waals surface area contributed by atoms with E-state index in [4.69, 9.17) is 5.26 Å². The van der Waals surface area contributed by atoms with Gasteiger partial charge >= 0.3 is 0 Å². The molecule has 1 aromatic rings. The summed E-state index contributed by atoms with van der Waals surface area (Å²) in [7, 11) is 0. The van der Waals surface area contributed by atoms with Crippen molar-refractivity contribution in [2.24, 2.45) is 5.92 Å². The Morgan fingerprint density at radius 2 is 1.67 bits per heavy atom. The molecule has 0 bridgehead atoms.